The number of hydrazone groups is 1. The molecule has 2 unspecified atom stereocenters. The maximum absolute atomic E-state index is 4.92. The second-order valence-electron chi connectivity index (χ2n) is 3.43. The van der Waals surface area contributed by atoms with Crippen molar-refractivity contribution in [3.05, 3.63) is 12.2 Å². The SMILES string of the molecule is CNC(=S)N/N=C1/CC2C=CCC12. The van der Waals surface area contributed by atoms with E-state index in [1.807, 2.05) is 0 Å². The van der Waals surface area contributed by atoms with Crippen LogP contribution in [-0.2, 0) is 0 Å². The van der Waals surface area contributed by atoms with Gasteiger partial charge in [-0.05, 0) is 31.0 Å². The van der Waals surface area contributed by atoms with E-state index in [0.717, 1.165) is 18.8 Å². The molecule has 0 bridgehead atoms. The molecule has 2 aliphatic rings. The minimum atomic E-state index is 0.585. The van der Waals surface area contributed by atoms with Crippen molar-refractivity contribution in [3.63, 3.8) is 0 Å². The fourth-order valence-electron chi connectivity index (χ4n) is 1.84. The minimum Gasteiger partial charge on any atom is -0.364 e. The van der Waals surface area contributed by atoms with Gasteiger partial charge in [0.15, 0.2) is 5.11 Å². The summed E-state index contributed by atoms with van der Waals surface area (Å²) in [6.07, 6.45) is 6.78. The third-order valence-electron chi connectivity index (χ3n) is 2.69. The second kappa shape index (κ2) is 3.46. The Labute approximate surface area is 83.3 Å². The van der Waals surface area contributed by atoms with Crippen molar-refractivity contribution in [1.82, 2.24) is 10.7 Å². The Balaban J connectivity index is 1.86. The van der Waals surface area contributed by atoms with Gasteiger partial charge < -0.3 is 5.32 Å². The standard InChI is InChI=1S/C9H13N3S/c1-10-9(13)12-11-8-5-6-3-2-4-7(6)8/h2-3,6-7H,4-5H2,1H3,(H2,10,12,13)/b11-8-. The molecule has 0 spiro atoms. The molecular formula is C9H13N3S. The van der Waals surface area contributed by atoms with E-state index in [0.29, 0.717) is 11.0 Å². The van der Waals surface area contributed by atoms with E-state index >= 15 is 0 Å². The lowest BCUT2D eigenvalue weighted by Gasteiger charge is -2.31. The molecule has 0 saturated heterocycles. The van der Waals surface area contributed by atoms with Crippen LogP contribution in [0.5, 0.6) is 0 Å². The zero-order chi connectivity index (χ0) is 9.26. The van der Waals surface area contributed by atoms with Gasteiger partial charge in [0.1, 0.15) is 0 Å². The number of thiocarbonyl (C=S) groups is 1. The Hall–Kier alpha value is -0.900. The molecule has 2 aliphatic carbocycles. The summed E-state index contributed by atoms with van der Waals surface area (Å²) >= 11 is 4.92. The average Bonchev–Trinajstić information content (AvgIpc) is 2.47. The van der Waals surface area contributed by atoms with Crippen LogP contribution in [0.15, 0.2) is 17.3 Å². The number of fused-ring (bicyclic) bond motifs is 1. The molecule has 0 amide bonds. The van der Waals surface area contributed by atoms with Crippen molar-refractivity contribution in [2.75, 3.05) is 7.05 Å². The predicted octanol–water partition coefficient (Wildman–Crippen LogP) is 1.03. The molecular weight excluding hydrogens is 182 g/mol. The van der Waals surface area contributed by atoms with Gasteiger partial charge in [0.05, 0.1) is 0 Å². The monoisotopic (exact) mass is 195 g/mol. The van der Waals surface area contributed by atoms with Crippen LogP contribution in [0.3, 0.4) is 0 Å². The van der Waals surface area contributed by atoms with E-state index in [4.69, 9.17) is 12.2 Å². The van der Waals surface area contributed by atoms with E-state index in [1.165, 1.54) is 5.71 Å². The highest BCUT2D eigenvalue weighted by Gasteiger charge is 2.37. The third kappa shape index (κ3) is 1.58. The molecule has 3 nitrogen and oxygen atoms in total. The maximum atomic E-state index is 4.92. The zero-order valence-corrected chi connectivity index (χ0v) is 8.40. The molecule has 70 valence electrons. The van der Waals surface area contributed by atoms with Gasteiger partial charge in [0, 0.05) is 18.7 Å². The van der Waals surface area contributed by atoms with Crippen LogP contribution in [0.25, 0.3) is 0 Å². The van der Waals surface area contributed by atoms with Crippen LogP contribution in [0, 0.1) is 11.8 Å². The van der Waals surface area contributed by atoms with Gasteiger partial charge in [-0.1, -0.05) is 12.2 Å². The highest BCUT2D eigenvalue weighted by Crippen LogP contribution is 2.39. The number of hydrogen-bond donors (Lipinski definition) is 2. The van der Waals surface area contributed by atoms with Gasteiger partial charge in [0.2, 0.25) is 0 Å². The lowest BCUT2D eigenvalue weighted by Crippen LogP contribution is -2.37. The highest BCUT2D eigenvalue weighted by atomic mass is 32.1. The highest BCUT2D eigenvalue weighted by molar-refractivity contribution is 7.80. The van der Waals surface area contributed by atoms with E-state index in [1.54, 1.807) is 7.05 Å². The average molecular weight is 195 g/mol. The fourth-order valence-corrected chi connectivity index (χ4v) is 1.89. The summed E-state index contributed by atoms with van der Waals surface area (Å²) in [5, 5.41) is 7.68. The van der Waals surface area contributed by atoms with Crippen molar-refractivity contribution in [3.8, 4) is 0 Å². The molecule has 1 saturated carbocycles. The summed E-state index contributed by atoms with van der Waals surface area (Å²) in [5.41, 5.74) is 4.08. The summed E-state index contributed by atoms with van der Waals surface area (Å²) in [6, 6.07) is 0. The van der Waals surface area contributed by atoms with E-state index in [-0.39, 0.29) is 0 Å². The Morgan fingerprint density at radius 3 is 3.23 bits per heavy atom. The zero-order valence-electron chi connectivity index (χ0n) is 7.58. The first-order valence-corrected chi connectivity index (χ1v) is 4.93. The van der Waals surface area contributed by atoms with Crippen molar-refractivity contribution >= 4 is 23.0 Å². The summed E-state index contributed by atoms with van der Waals surface area (Å²) in [6.45, 7) is 0. The van der Waals surface area contributed by atoms with Gasteiger partial charge in [-0.15, -0.1) is 0 Å². The van der Waals surface area contributed by atoms with E-state index in [2.05, 4.69) is 28.0 Å². The molecule has 4 heteroatoms. The summed E-state index contributed by atoms with van der Waals surface area (Å²) < 4.78 is 0. The first-order valence-electron chi connectivity index (χ1n) is 4.52. The molecule has 13 heavy (non-hydrogen) atoms. The van der Waals surface area contributed by atoms with Crippen LogP contribution in [0.2, 0.25) is 0 Å². The number of allylic oxidation sites excluding steroid dienone is 2. The van der Waals surface area contributed by atoms with Crippen molar-refractivity contribution in [2.45, 2.75) is 12.8 Å². The van der Waals surface area contributed by atoms with Crippen LogP contribution >= 0.6 is 12.2 Å². The van der Waals surface area contributed by atoms with E-state index < -0.39 is 0 Å². The molecule has 2 atom stereocenters. The van der Waals surface area contributed by atoms with Crippen molar-refractivity contribution in [1.29, 1.82) is 0 Å². The smallest absolute Gasteiger partial charge is 0.186 e. The maximum Gasteiger partial charge on any atom is 0.186 e. The van der Waals surface area contributed by atoms with Gasteiger partial charge in [-0.25, -0.2) is 0 Å². The van der Waals surface area contributed by atoms with E-state index in [9.17, 15) is 0 Å². The Bertz CT molecular complexity index is 283. The van der Waals surface area contributed by atoms with Crippen LogP contribution in [0.1, 0.15) is 12.8 Å². The van der Waals surface area contributed by atoms with Crippen LogP contribution in [0.4, 0.5) is 0 Å². The molecule has 1 fully saturated rings. The first-order chi connectivity index (χ1) is 6.31. The normalized spacial score (nSPS) is 32.5. The molecule has 0 radical (unpaired) electrons. The van der Waals surface area contributed by atoms with Gasteiger partial charge >= 0.3 is 0 Å². The molecule has 0 aromatic rings. The Morgan fingerprint density at radius 1 is 1.69 bits per heavy atom. The van der Waals surface area contributed by atoms with Gasteiger partial charge in [-0.3, -0.25) is 5.43 Å². The minimum absolute atomic E-state index is 0.585. The quantitative estimate of drug-likeness (QED) is 0.373. The lowest BCUT2D eigenvalue weighted by molar-refractivity contribution is 0.463. The van der Waals surface area contributed by atoms with Crippen LogP contribution < -0.4 is 10.7 Å². The van der Waals surface area contributed by atoms with Crippen LogP contribution in [-0.4, -0.2) is 17.9 Å². The Morgan fingerprint density at radius 2 is 2.54 bits per heavy atom. The first kappa shape index (κ1) is 8.69. The fraction of sp³-hybridized carbons (Fsp3) is 0.556. The summed E-state index contributed by atoms with van der Waals surface area (Å²) in [5.74, 6) is 1.41. The number of hydrogen-bond acceptors (Lipinski definition) is 2. The Kier molecular flexibility index (Phi) is 2.31. The third-order valence-corrected chi connectivity index (χ3v) is 2.99. The molecule has 0 aromatic heterocycles. The van der Waals surface area contributed by atoms with Crippen molar-refractivity contribution < 1.29 is 0 Å². The number of rotatable bonds is 1. The predicted molar refractivity (Wildman–Crippen MR) is 57.6 cm³/mol. The topological polar surface area (TPSA) is 36.4 Å². The lowest BCUT2D eigenvalue weighted by atomic mass is 9.74. The van der Waals surface area contributed by atoms with Gasteiger partial charge in [-0.2, -0.15) is 5.10 Å². The van der Waals surface area contributed by atoms with Gasteiger partial charge in [0.25, 0.3) is 0 Å². The number of nitrogens with one attached hydrogen (secondary N) is 2. The number of nitrogens with zero attached hydrogens (tertiary/aromatic N) is 1. The largest absolute Gasteiger partial charge is 0.364 e. The molecule has 0 aliphatic heterocycles. The second-order valence-corrected chi connectivity index (χ2v) is 3.84. The molecule has 0 heterocycles. The molecule has 2 rings (SSSR count). The van der Waals surface area contributed by atoms with Crippen molar-refractivity contribution in [2.24, 2.45) is 16.9 Å². The summed E-state index contributed by atoms with van der Waals surface area (Å²) in [7, 11) is 1.79. The summed E-state index contributed by atoms with van der Waals surface area (Å²) in [4.78, 5) is 0. The molecule has 0 aromatic carbocycles. The molecule has 2 N–H and O–H groups in total.